The number of aryl methyl sites for hydroxylation is 1. The molecule has 3 unspecified atom stereocenters. The van der Waals surface area contributed by atoms with Gasteiger partial charge >= 0.3 is 5.97 Å². The summed E-state index contributed by atoms with van der Waals surface area (Å²) in [5.74, 6) is -2.47. The summed E-state index contributed by atoms with van der Waals surface area (Å²) in [4.78, 5) is 12.6. The number of hydrogen-bond donors (Lipinski definition) is 0. The molecule has 27 heavy (non-hydrogen) atoms. The molecule has 0 aromatic heterocycles. The summed E-state index contributed by atoms with van der Waals surface area (Å²) in [5, 5.41) is 8.44. The maximum atomic E-state index is 13.7. The zero-order valence-electron chi connectivity index (χ0n) is 14.8. The third-order valence-electron chi connectivity index (χ3n) is 4.82. The van der Waals surface area contributed by atoms with Gasteiger partial charge in [0.15, 0.2) is 15.3 Å². The number of carbonyl (C=O) groups excluding carboxylic acids is 1. The van der Waals surface area contributed by atoms with Crippen LogP contribution in [0.3, 0.4) is 0 Å². The molecular formula is C20H18FNO4S. The van der Waals surface area contributed by atoms with E-state index in [0.29, 0.717) is 0 Å². The van der Waals surface area contributed by atoms with Crippen molar-refractivity contribution in [3.05, 3.63) is 65.5 Å². The predicted octanol–water partition coefficient (Wildman–Crippen LogP) is 3.15. The number of nitriles is 1. The van der Waals surface area contributed by atoms with Gasteiger partial charge in [-0.15, -0.1) is 0 Å². The molecule has 0 bridgehead atoms. The average Bonchev–Trinajstić information content (AvgIpc) is 3.34. The zero-order valence-corrected chi connectivity index (χ0v) is 15.7. The summed E-state index contributed by atoms with van der Waals surface area (Å²) >= 11 is 0. The lowest BCUT2D eigenvalue weighted by molar-refractivity contribution is -0.147. The number of benzene rings is 2. The highest BCUT2D eigenvalue weighted by molar-refractivity contribution is 7.92. The second-order valence-electron chi connectivity index (χ2n) is 6.51. The van der Waals surface area contributed by atoms with Crippen LogP contribution in [0.5, 0.6) is 0 Å². The molecule has 140 valence electrons. The number of esters is 1. The van der Waals surface area contributed by atoms with Crippen LogP contribution in [0.1, 0.15) is 24.0 Å². The standard InChI is InChI=1S/C20H18FNO4S/c1-3-26-19(23)20(12-22)17(14-5-4-6-15(21)11-14)18(20)27(24,25)16-9-7-13(2)8-10-16/h4-11,17-18H,3H2,1-2H3. The Morgan fingerprint density at radius 3 is 2.48 bits per heavy atom. The largest absolute Gasteiger partial charge is 0.465 e. The van der Waals surface area contributed by atoms with E-state index in [1.54, 1.807) is 19.1 Å². The van der Waals surface area contributed by atoms with E-state index in [2.05, 4.69) is 0 Å². The van der Waals surface area contributed by atoms with Crippen LogP contribution in [0.15, 0.2) is 53.4 Å². The Hall–Kier alpha value is -2.72. The Kier molecular flexibility index (Phi) is 4.79. The van der Waals surface area contributed by atoms with E-state index in [4.69, 9.17) is 4.74 Å². The highest BCUT2D eigenvalue weighted by atomic mass is 32.2. The number of nitrogens with zero attached hydrogens (tertiary/aromatic N) is 1. The molecule has 7 heteroatoms. The fraction of sp³-hybridized carbons (Fsp3) is 0.300. The predicted molar refractivity (Wildman–Crippen MR) is 96.0 cm³/mol. The minimum absolute atomic E-state index is 0.00936. The Balaban J connectivity index is 2.14. The Bertz CT molecular complexity index is 1030. The first-order valence-corrected chi connectivity index (χ1v) is 9.98. The molecule has 0 aliphatic heterocycles. The zero-order chi connectivity index (χ0) is 19.8. The van der Waals surface area contributed by atoms with Gasteiger partial charge in [0.2, 0.25) is 0 Å². The summed E-state index contributed by atoms with van der Waals surface area (Å²) in [6.07, 6.45) is 0. The number of rotatable bonds is 5. The van der Waals surface area contributed by atoms with Gasteiger partial charge in [-0.1, -0.05) is 29.8 Å². The molecule has 0 N–H and O–H groups in total. The third kappa shape index (κ3) is 3.00. The topological polar surface area (TPSA) is 84.2 Å². The lowest BCUT2D eigenvalue weighted by atomic mass is 10.0. The van der Waals surface area contributed by atoms with Crippen molar-refractivity contribution in [3.63, 3.8) is 0 Å². The second kappa shape index (κ2) is 6.78. The van der Waals surface area contributed by atoms with Crippen molar-refractivity contribution < 1.29 is 22.3 Å². The molecule has 0 saturated heterocycles. The Labute approximate surface area is 157 Å². The number of halogens is 1. The molecule has 3 atom stereocenters. The molecule has 1 aliphatic rings. The van der Waals surface area contributed by atoms with Crippen LogP contribution in [0.4, 0.5) is 4.39 Å². The van der Waals surface area contributed by atoms with E-state index in [1.165, 1.54) is 30.3 Å². The summed E-state index contributed by atoms with van der Waals surface area (Å²) < 4.78 is 45.1. The summed E-state index contributed by atoms with van der Waals surface area (Å²) in [6.45, 7) is 3.41. The second-order valence-corrected chi connectivity index (χ2v) is 8.58. The van der Waals surface area contributed by atoms with E-state index in [0.717, 1.165) is 11.6 Å². The van der Waals surface area contributed by atoms with Gasteiger partial charge in [-0.3, -0.25) is 4.79 Å². The van der Waals surface area contributed by atoms with Crippen LogP contribution < -0.4 is 0 Å². The molecule has 2 aromatic carbocycles. The monoisotopic (exact) mass is 387 g/mol. The molecule has 1 aliphatic carbocycles. The highest BCUT2D eigenvalue weighted by Crippen LogP contribution is 2.64. The van der Waals surface area contributed by atoms with Crippen molar-refractivity contribution in [2.45, 2.75) is 29.9 Å². The summed E-state index contributed by atoms with van der Waals surface area (Å²) in [7, 11) is -4.02. The molecule has 0 radical (unpaired) electrons. The quantitative estimate of drug-likeness (QED) is 0.736. The number of carbonyl (C=O) groups is 1. The van der Waals surface area contributed by atoms with Crippen molar-refractivity contribution in [1.82, 2.24) is 0 Å². The van der Waals surface area contributed by atoms with Crippen LogP contribution in [0.2, 0.25) is 0 Å². The van der Waals surface area contributed by atoms with Crippen molar-refractivity contribution in [2.24, 2.45) is 5.41 Å². The Morgan fingerprint density at radius 2 is 1.93 bits per heavy atom. The molecule has 1 fully saturated rings. The number of sulfone groups is 1. The van der Waals surface area contributed by atoms with E-state index in [-0.39, 0.29) is 17.1 Å². The van der Waals surface area contributed by atoms with Gasteiger partial charge < -0.3 is 4.74 Å². The minimum Gasteiger partial charge on any atom is -0.465 e. The van der Waals surface area contributed by atoms with Crippen LogP contribution in [0, 0.1) is 29.5 Å². The first kappa shape index (κ1) is 19.1. The highest BCUT2D eigenvalue weighted by Gasteiger charge is 2.77. The van der Waals surface area contributed by atoms with Gasteiger partial charge in [0.25, 0.3) is 0 Å². The smallest absolute Gasteiger partial charge is 0.328 e. The van der Waals surface area contributed by atoms with Gasteiger partial charge in [-0.25, -0.2) is 12.8 Å². The first-order chi connectivity index (χ1) is 12.8. The van der Waals surface area contributed by atoms with Crippen molar-refractivity contribution in [2.75, 3.05) is 6.61 Å². The first-order valence-electron chi connectivity index (χ1n) is 8.43. The molecule has 5 nitrogen and oxygen atoms in total. The van der Waals surface area contributed by atoms with Crippen LogP contribution in [-0.2, 0) is 19.4 Å². The van der Waals surface area contributed by atoms with Gasteiger partial charge in [0.1, 0.15) is 11.1 Å². The van der Waals surface area contributed by atoms with Crippen molar-refractivity contribution >= 4 is 15.8 Å². The molecule has 3 rings (SSSR count). The lowest BCUT2D eigenvalue weighted by Gasteiger charge is -2.09. The molecule has 1 saturated carbocycles. The fourth-order valence-corrected chi connectivity index (χ4v) is 5.71. The van der Waals surface area contributed by atoms with Crippen LogP contribution >= 0.6 is 0 Å². The number of hydrogen-bond acceptors (Lipinski definition) is 5. The number of ether oxygens (including phenoxy) is 1. The fourth-order valence-electron chi connectivity index (χ4n) is 3.46. The van der Waals surface area contributed by atoms with Crippen LogP contribution in [-0.4, -0.2) is 26.2 Å². The van der Waals surface area contributed by atoms with E-state index in [1.807, 2.05) is 13.0 Å². The molecule has 2 aromatic rings. The minimum atomic E-state index is -4.02. The molecule has 0 amide bonds. The van der Waals surface area contributed by atoms with Crippen molar-refractivity contribution in [1.29, 1.82) is 5.26 Å². The van der Waals surface area contributed by atoms with Gasteiger partial charge in [-0.05, 0) is 43.7 Å². The lowest BCUT2D eigenvalue weighted by Crippen LogP contribution is -2.25. The third-order valence-corrected chi connectivity index (χ3v) is 7.06. The maximum Gasteiger partial charge on any atom is 0.328 e. The van der Waals surface area contributed by atoms with Gasteiger partial charge in [0, 0.05) is 5.92 Å². The maximum absolute atomic E-state index is 13.7. The van der Waals surface area contributed by atoms with E-state index >= 15 is 0 Å². The summed E-state index contributed by atoms with van der Waals surface area (Å²) in [5.41, 5.74) is -0.735. The van der Waals surface area contributed by atoms with Gasteiger partial charge in [-0.2, -0.15) is 5.26 Å². The van der Waals surface area contributed by atoms with Crippen LogP contribution in [0.25, 0.3) is 0 Å². The van der Waals surface area contributed by atoms with Gasteiger partial charge in [0.05, 0.1) is 17.6 Å². The molecule has 0 spiro atoms. The van der Waals surface area contributed by atoms with E-state index in [9.17, 15) is 22.9 Å². The molecular weight excluding hydrogens is 369 g/mol. The SMILES string of the molecule is CCOC(=O)C1(C#N)C(c2cccc(F)c2)C1S(=O)(=O)c1ccc(C)cc1. The van der Waals surface area contributed by atoms with Crippen molar-refractivity contribution in [3.8, 4) is 6.07 Å². The normalized spacial score (nSPS) is 24.1. The Morgan fingerprint density at radius 1 is 1.26 bits per heavy atom. The van der Waals surface area contributed by atoms with E-state index < -0.39 is 38.2 Å². The summed E-state index contributed by atoms with van der Waals surface area (Å²) in [6, 6.07) is 13.3. The average molecular weight is 387 g/mol. The molecule has 0 heterocycles.